The molecule has 0 spiro atoms. The molecule has 1 atom stereocenters. The van der Waals surface area contributed by atoms with E-state index >= 15 is 8.78 Å². The van der Waals surface area contributed by atoms with E-state index in [0.29, 0.717) is 65.8 Å². The molecule has 1 unspecified atom stereocenters. The van der Waals surface area contributed by atoms with E-state index in [4.69, 9.17) is 14.7 Å². The van der Waals surface area contributed by atoms with Crippen LogP contribution in [0.4, 0.5) is 19.0 Å². The summed E-state index contributed by atoms with van der Waals surface area (Å²) in [5, 5.41) is 14.9. The van der Waals surface area contributed by atoms with E-state index in [2.05, 4.69) is 15.2 Å². The number of nitrogens with zero attached hydrogens (tertiary/aromatic N) is 5. The highest BCUT2D eigenvalue weighted by Crippen LogP contribution is 2.42. The number of anilines is 1. The summed E-state index contributed by atoms with van der Waals surface area (Å²) in [6.45, 7) is 7.10. The van der Waals surface area contributed by atoms with Crippen molar-refractivity contribution in [2.45, 2.75) is 64.2 Å². The maximum absolute atomic E-state index is 16.9. The number of nitrogens with one attached hydrogen (secondary N) is 1. The number of aryl methyl sites for hydroxylation is 2. The van der Waals surface area contributed by atoms with Crippen LogP contribution in [0.3, 0.4) is 0 Å². The number of halogens is 3. The summed E-state index contributed by atoms with van der Waals surface area (Å²) in [5.41, 5.74) is 1.12. The van der Waals surface area contributed by atoms with E-state index in [1.54, 1.807) is 11.0 Å². The van der Waals surface area contributed by atoms with Gasteiger partial charge in [0.2, 0.25) is 0 Å². The van der Waals surface area contributed by atoms with Crippen LogP contribution in [-0.4, -0.2) is 76.1 Å². The number of benzene rings is 2. The molecule has 0 saturated carbocycles. The molecule has 3 fully saturated rings. The molecule has 4 aromatic rings. The van der Waals surface area contributed by atoms with Crippen LogP contribution in [0.15, 0.2) is 24.3 Å². The maximum atomic E-state index is 16.9. The van der Waals surface area contributed by atoms with Gasteiger partial charge in [-0.05, 0) is 86.1 Å². The molecule has 2 aromatic heterocycles. The molecule has 44 heavy (non-hydrogen) atoms. The molecule has 2 aromatic carbocycles. The van der Waals surface area contributed by atoms with Gasteiger partial charge in [-0.3, -0.25) is 10.2 Å². The number of piperazine rings is 1. The molecule has 11 heteroatoms. The lowest BCUT2D eigenvalue weighted by Gasteiger charge is -2.33. The van der Waals surface area contributed by atoms with Crippen LogP contribution in [0.5, 0.6) is 11.8 Å². The number of hydrogen-bond donors (Lipinski definition) is 2. The van der Waals surface area contributed by atoms with Gasteiger partial charge in [0.05, 0.1) is 23.2 Å². The first kappa shape index (κ1) is 29.0. The number of pyridine rings is 1. The Morgan fingerprint density at radius 3 is 2.55 bits per heavy atom. The predicted octanol–water partition coefficient (Wildman–Crippen LogP) is 5.67. The SMILES string of the molecule is CCc1c(F)ccc2cc(O)cc(-c3nc(CC)c4c(N5CCNC(F)C5)nc(OCC56CCCN5CCC6)nc4c3F)c12. The molecule has 0 radical (unpaired) electrons. The highest BCUT2D eigenvalue weighted by Gasteiger charge is 2.45. The fraction of sp³-hybridized carbons (Fsp3) is 0.485. The molecule has 3 aliphatic rings. The second-order valence-corrected chi connectivity index (χ2v) is 12.2. The smallest absolute Gasteiger partial charge is 0.319 e. The van der Waals surface area contributed by atoms with Gasteiger partial charge in [-0.2, -0.15) is 9.97 Å². The van der Waals surface area contributed by atoms with E-state index in [9.17, 15) is 9.50 Å². The number of rotatable bonds is 7. The quantitative estimate of drug-likeness (QED) is 0.261. The Morgan fingerprint density at radius 1 is 1.02 bits per heavy atom. The van der Waals surface area contributed by atoms with Crippen molar-refractivity contribution in [1.82, 2.24) is 25.2 Å². The van der Waals surface area contributed by atoms with E-state index in [1.807, 2.05) is 13.8 Å². The van der Waals surface area contributed by atoms with Gasteiger partial charge in [0, 0.05) is 18.7 Å². The number of alkyl halides is 1. The molecule has 232 valence electrons. The molecule has 0 aliphatic carbocycles. The van der Waals surface area contributed by atoms with Crippen LogP contribution in [0.25, 0.3) is 32.9 Å². The number of ether oxygens (including phenoxy) is 1. The van der Waals surface area contributed by atoms with Gasteiger partial charge in [-0.25, -0.2) is 18.2 Å². The van der Waals surface area contributed by atoms with Gasteiger partial charge < -0.3 is 14.7 Å². The standard InChI is InChI=1S/C33H37F3N6O2/c1-3-21-23(34)8-7-19-15-20(43)16-22(26(19)21)29-28(36)30-27(24(4-2)38-29)31(41-14-11-37-25(35)17-41)40-32(39-30)44-18-33-9-5-12-42(33)13-6-10-33/h7-8,15-16,25,37,43H,3-6,9-14,17-18H2,1-2H3. The zero-order valence-corrected chi connectivity index (χ0v) is 25.1. The Balaban J connectivity index is 1.44. The average Bonchev–Trinajstić information content (AvgIpc) is 3.61. The summed E-state index contributed by atoms with van der Waals surface area (Å²) in [4.78, 5) is 18.4. The number of aromatic nitrogens is 3. The highest BCUT2D eigenvalue weighted by atomic mass is 19.1. The Bertz CT molecular complexity index is 1740. The molecular weight excluding hydrogens is 569 g/mol. The fourth-order valence-corrected chi connectivity index (χ4v) is 7.52. The van der Waals surface area contributed by atoms with Crippen LogP contribution < -0.4 is 15.0 Å². The minimum absolute atomic E-state index is 0.0129. The molecular formula is C33H37F3N6O2. The lowest BCUT2D eigenvalue weighted by atomic mass is 9.94. The lowest BCUT2D eigenvalue weighted by molar-refractivity contribution is 0.108. The summed E-state index contributed by atoms with van der Waals surface area (Å²) in [5.74, 6) is -0.829. The average molecular weight is 607 g/mol. The Kier molecular flexibility index (Phi) is 7.48. The van der Waals surface area contributed by atoms with Gasteiger partial charge in [0.15, 0.2) is 12.1 Å². The van der Waals surface area contributed by atoms with Crippen molar-refractivity contribution in [3.05, 3.63) is 47.2 Å². The number of hydrogen-bond acceptors (Lipinski definition) is 8. The number of phenolic OH excluding ortho intramolecular Hbond substituents is 1. The summed E-state index contributed by atoms with van der Waals surface area (Å²) < 4.78 is 52.8. The minimum Gasteiger partial charge on any atom is -0.508 e. The molecule has 0 bridgehead atoms. The van der Waals surface area contributed by atoms with Gasteiger partial charge in [0.25, 0.3) is 0 Å². The third kappa shape index (κ3) is 4.81. The summed E-state index contributed by atoms with van der Waals surface area (Å²) >= 11 is 0. The van der Waals surface area contributed by atoms with Crippen molar-refractivity contribution in [2.24, 2.45) is 0 Å². The molecule has 3 aliphatic heterocycles. The zero-order chi connectivity index (χ0) is 30.6. The van der Waals surface area contributed by atoms with E-state index < -0.39 is 17.9 Å². The third-order valence-electron chi connectivity index (χ3n) is 9.63. The van der Waals surface area contributed by atoms with Gasteiger partial charge >= 0.3 is 6.01 Å². The normalized spacial score (nSPS) is 20.1. The summed E-state index contributed by atoms with van der Waals surface area (Å²) in [6, 6.07) is 5.93. The molecule has 5 heterocycles. The molecule has 3 saturated heterocycles. The Hall–Kier alpha value is -3.70. The lowest BCUT2D eigenvalue weighted by Crippen LogP contribution is -2.49. The first-order chi connectivity index (χ1) is 21.3. The summed E-state index contributed by atoms with van der Waals surface area (Å²) in [6.07, 6.45) is 3.77. The predicted molar refractivity (Wildman–Crippen MR) is 164 cm³/mol. The zero-order valence-electron chi connectivity index (χ0n) is 25.1. The van der Waals surface area contributed by atoms with Crippen molar-refractivity contribution in [1.29, 1.82) is 0 Å². The first-order valence-electron chi connectivity index (χ1n) is 15.7. The first-order valence-corrected chi connectivity index (χ1v) is 15.7. The van der Waals surface area contributed by atoms with Gasteiger partial charge in [-0.15, -0.1) is 0 Å². The Labute approximate surface area is 254 Å². The van der Waals surface area contributed by atoms with Crippen LogP contribution >= 0.6 is 0 Å². The van der Waals surface area contributed by atoms with Crippen molar-refractivity contribution in [2.75, 3.05) is 44.2 Å². The monoisotopic (exact) mass is 606 g/mol. The maximum Gasteiger partial charge on any atom is 0.319 e. The molecule has 7 rings (SSSR count). The minimum atomic E-state index is -1.27. The fourth-order valence-electron chi connectivity index (χ4n) is 7.52. The second kappa shape index (κ2) is 11.3. The topological polar surface area (TPSA) is 86.6 Å². The van der Waals surface area contributed by atoms with Crippen LogP contribution in [0.2, 0.25) is 0 Å². The van der Waals surface area contributed by atoms with E-state index in [0.717, 1.165) is 38.8 Å². The van der Waals surface area contributed by atoms with Crippen LogP contribution in [0, 0.1) is 11.6 Å². The molecule has 2 N–H and O–H groups in total. The van der Waals surface area contributed by atoms with Crippen molar-refractivity contribution in [3.8, 4) is 23.0 Å². The van der Waals surface area contributed by atoms with E-state index in [1.165, 1.54) is 18.2 Å². The van der Waals surface area contributed by atoms with Crippen molar-refractivity contribution in [3.63, 3.8) is 0 Å². The Morgan fingerprint density at radius 2 is 1.82 bits per heavy atom. The van der Waals surface area contributed by atoms with Gasteiger partial charge in [0.1, 0.15) is 35.2 Å². The highest BCUT2D eigenvalue weighted by molar-refractivity contribution is 6.02. The van der Waals surface area contributed by atoms with E-state index in [-0.39, 0.29) is 40.6 Å². The number of phenols is 1. The van der Waals surface area contributed by atoms with Crippen LogP contribution in [-0.2, 0) is 12.8 Å². The second-order valence-electron chi connectivity index (χ2n) is 12.2. The number of fused-ring (bicyclic) bond motifs is 3. The van der Waals surface area contributed by atoms with Crippen molar-refractivity contribution < 1.29 is 23.0 Å². The third-order valence-corrected chi connectivity index (χ3v) is 9.63. The van der Waals surface area contributed by atoms with Crippen molar-refractivity contribution >= 4 is 27.5 Å². The molecule has 8 nitrogen and oxygen atoms in total. The van der Waals surface area contributed by atoms with Gasteiger partial charge in [-0.1, -0.05) is 19.9 Å². The molecule has 0 amide bonds. The van der Waals surface area contributed by atoms with Crippen LogP contribution in [0.1, 0.15) is 50.8 Å². The number of aromatic hydroxyl groups is 1. The summed E-state index contributed by atoms with van der Waals surface area (Å²) in [7, 11) is 0. The largest absolute Gasteiger partial charge is 0.508 e.